The molecule has 1 amide bonds. The highest BCUT2D eigenvalue weighted by Crippen LogP contribution is 2.22. The zero-order chi connectivity index (χ0) is 15.6. The van der Waals surface area contributed by atoms with Gasteiger partial charge in [-0.05, 0) is 18.2 Å². The minimum atomic E-state index is -2.70. The van der Waals surface area contributed by atoms with Gasteiger partial charge in [0.05, 0.1) is 17.1 Å². The fraction of sp³-hybridized carbons (Fsp3) is 0.231. The van der Waals surface area contributed by atoms with Gasteiger partial charge in [-0.3, -0.25) is 9.36 Å². The highest BCUT2D eigenvalue weighted by atomic mass is 35.5. The second kappa shape index (κ2) is 6.41. The van der Waals surface area contributed by atoms with Crippen LogP contribution in [-0.4, -0.2) is 27.4 Å². The van der Waals surface area contributed by atoms with Crippen molar-refractivity contribution >= 4 is 29.1 Å². The van der Waals surface area contributed by atoms with Crippen LogP contribution >= 0.6 is 23.2 Å². The molecule has 0 aliphatic carbocycles. The van der Waals surface area contributed by atoms with Gasteiger partial charge in [-0.15, -0.1) is 0 Å². The Kier molecular flexibility index (Phi) is 4.80. The molecule has 112 valence electrons. The zero-order valence-electron chi connectivity index (χ0n) is 10.9. The highest BCUT2D eigenvalue weighted by Gasteiger charge is 2.19. The van der Waals surface area contributed by atoms with E-state index in [1.165, 1.54) is 36.3 Å². The maximum Gasteiger partial charge on any atom is 0.319 e. The molecule has 21 heavy (non-hydrogen) atoms. The van der Waals surface area contributed by atoms with E-state index in [0.717, 1.165) is 6.20 Å². The van der Waals surface area contributed by atoms with Crippen LogP contribution in [0.4, 0.5) is 8.78 Å². The fourth-order valence-electron chi connectivity index (χ4n) is 1.80. The lowest BCUT2D eigenvalue weighted by Gasteiger charge is -2.18. The van der Waals surface area contributed by atoms with Crippen molar-refractivity contribution < 1.29 is 13.6 Å². The summed E-state index contributed by atoms with van der Waals surface area (Å²) in [5, 5.41) is 0.615. The lowest BCUT2D eigenvalue weighted by Crippen LogP contribution is -2.28. The summed E-state index contributed by atoms with van der Waals surface area (Å²) >= 11 is 11.7. The Labute approximate surface area is 129 Å². The number of amides is 1. The third kappa shape index (κ3) is 3.51. The summed E-state index contributed by atoms with van der Waals surface area (Å²) in [4.78, 5) is 17.3. The molecule has 0 spiro atoms. The Hall–Kier alpha value is -1.66. The quantitative estimate of drug-likeness (QED) is 0.852. The Morgan fingerprint density at radius 1 is 1.43 bits per heavy atom. The molecule has 0 N–H and O–H groups in total. The van der Waals surface area contributed by atoms with Crippen molar-refractivity contribution in [2.45, 2.75) is 13.1 Å². The minimum Gasteiger partial charge on any atom is -0.334 e. The van der Waals surface area contributed by atoms with Crippen molar-refractivity contribution in [2.24, 2.45) is 0 Å². The summed E-state index contributed by atoms with van der Waals surface area (Å²) in [6, 6.07) is 4.47. The van der Waals surface area contributed by atoms with Crippen molar-refractivity contribution in [3.63, 3.8) is 0 Å². The van der Waals surface area contributed by atoms with Crippen LogP contribution in [0.1, 0.15) is 22.7 Å². The van der Waals surface area contributed by atoms with E-state index in [4.69, 9.17) is 23.2 Å². The maximum absolute atomic E-state index is 12.7. The van der Waals surface area contributed by atoms with E-state index < -0.39 is 12.5 Å². The number of benzene rings is 1. The van der Waals surface area contributed by atoms with Crippen LogP contribution in [0.3, 0.4) is 0 Å². The molecule has 0 fully saturated rings. The third-order valence-corrected chi connectivity index (χ3v) is 3.39. The van der Waals surface area contributed by atoms with E-state index in [1.807, 2.05) is 0 Å². The molecular formula is C13H11Cl2F2N3O. The first kappa shape index (κ1) is 15.7. The van der Waals surface area contributed by atoms with Gasteiger partial charge in [-0.25, -0.2) is 4.98 Å². The summed E-state index contributed by atoms with van der Waals surface area (Å²) in [7, 11) is 1.48. The Morgan fingerprint density at radius 2 is 2.14 bits per heavy atom. The minimum absolute atomic E-state index is 0.0604. The number of rotatable bonds is 4. The van der Waals surface area contributed by atoms with Crippen LogP contribution in [0.25, 0.3) is 0 Å². The van der Waals surface area contributed by atoms with Crippen molar-refractivity contribution in [1.29, 1.82) is 0 Å². The summed E-state index contributed by atoms with van der Waals surface area (Å²) in [6.07, 6.45) is 2.42. The van der Waals surface area contributed by atoms with Gasteiger partial charge in [0.25, 0.3) is 5.91 Å². The summed E-state index contributed by atoms with van der Waals surface area (Å²) in [5.41, 5.74) is 0.249. The number of halogens is 4. The van der Waals surface area contributed by atoms with E-state index >= 15 is 0 Å². The smallest absolute Gasteiger partial charge is 0.319 e. The van der Waals surface area contributed by atoms with Crippen LogP contribution in [0, 0.1) is 0 Å². The van der Waals surface area contributed by atoms with Gasteiger partial charge in [0.2, 0.25) is 0 Å². The fourth-order valence-corrected chi connectivity index (χ4v) is 2.29. The normalized spacial score (nSPS) is 11.0. The summed E-state index contributed by atoms with van der Waals surface area (Å²) in [5.74, 6) is -0.314. The first-order valence-corrected chi connectivity index (χ1v) is 6.66. The van der Waals surface area contributed by atoms with Gasteiger partial charge >= 0.3 is 6.55 Å². The zero-order valence-corrected chi connectivity index (χ0v) is 12.4. The average Bonchev–Trinajstić information content (AvgIpc) is 2.86. The van der Waals surface area contributed by atoms with Crippen LogP contribution in [-0.2, 0) is 6.54 Å². The molecule has 4 nitrogen and oxygen atoms in total. The lowest BCUT2D eigenvalue weighted by molar-refractivity contribution is 0.0612. The van der Waals surface area contributed by atoms with Crippen LogP contribution in [0.2, 0.25) is 10.0 Å². The average molecular weight is 334 g/mol. The number of hydrogen-bond acceptors (Lipinski definition) is 2. The molecule has 0 radical (unpaired) electrons. The molecule has 1 heterocycles. The molecule has 2 aromatic rings. The van der Waals surface area contributed by atoms with E-state index in [1.54, 1.807) is 0 Å². The van der Waals surface area contributed by atoms with Crippen LogP contribution in [0.15, 0.2) is 30.6 Å². The summed E-state index contributed by atoms with van der Waals surface area (Å²) in [6.45, 7) is -2.76. The molecule has 1 aromatic heterocycles. The van der Waals surface area contributed by atoms with Crippen molar-refractivity contribution in [2.75, 3.05) is 7.05 Å². The van der Waals surface area contributed by atoms with Gasteiger partial charge in [-0.1, -0.05) is 23.2 Å². The van der Waals surface area contributed by atoms with Crippen molar-refractivity contribution in [3.8, 4) is 0 Å². The topological polar surface area (TPSA) is 38.1 Å². The molecule has 1 aromatic carbocycles. The molecule has 0 bridgehead atoms. The second-order valence-electron chi connectivity index (χ2n) is 4.31. The Balaban J connectivity index is 2.18. The molecule has 0 aliphatic rings. The first-order valence-electron chi connectivity index (χ1n) is 5.90. The van der Waals surface area contributed by atoms with E-state index in [9.17, 15) is 13.6 Å². The first-order chi connectivity index (χ1) is 9.90. The SMILES string of the molecule is CN(Cc1nccn1C(F)F)C(=O)c1ccc(Cl)cc1Cl. The summed E-state index contributed by atoms with van der Waals surface area (Å²) < 4.78 is 26.2. The molecular weight excluding hydrogens is 323 g/mol. The Morgan fingerprint density at radius 3 is 2.76 bits per heavy atom. The van der Waals surface area contributed by atoms with Gasteiger partial charge in [0.15, 0.2) is 0 Å². The standard InChI is InChI=1S/C13H11Cl2F2N3O/c1-19(7-11-18-4-5-20(11)13(16)17)12(21)9-3-2-8(14)6-10(9)15/h2-6,13H,7H2,1H3. The largest absolute Gasteiger partial charge is 0.334 e. The lowest BCUT2D eigenvalue weighted by atomic mass is 10.2. The van der Waals surface area contributed by atoms with E-state index in [2.05, 4.69) is 4.98 Å². The number of imidazole rings is 1. The number of carbonyl (C=O) groups excluding carboxylic acids is 1. The maximum atomic E-state index is 12.7. The van der Waals surface area contributed by atoms with Gasteiger partial charge in [0.1, 0.15) is 5.82 Å². The monoisotopic (exact) mass is 333 g/mol. The van der Waals surface area contributed by atoms with Gasteiger partial charge < -0.3 is 4.90 Å². The van der Waals surface area contributed by atoms with Gasteiger partial charge in [-0.2, -0.15) is 8.78 Å². The molecule has 8 heteroatoms. The number of nitrogens with zero attached hydrogens (tertiary/aromatic N) is 3. The van der Waals surface area contributed by atoms with Crippen LogP contribution in [0.5, 0.6) is 0 Å². The van der Waals surface area contributed by atoms with E-state index in [-0.39, 0.29) is 23.0 Å². The number of carbonyl (C=O) groups is 1. The molecule has 0 unspecified atom stereocenters. The third-order valence-electron chi connectivity index (χ3n) is 2.85. The highest BCUT2D eigenvalue weighted by molar-refractivity contribution is 6.36. The predicted molar refractivity (Wildman–Crippen MR) is 75.7 cm³/mol. The van der Waals surface area contributed by atoms with Gasteiger partial charge in [0, 0.05) is 24.5 Å². The van der Waals surface area contributed by atoms with E-state index in [0.29, 0.717) is 9.59 Å². The number of alkyl halides is 2. The molecule has 0 saturated carbocycles. The predicted octanol–water partition coefficient (Wildman–Crippen LogP) is 3.86. The van der Waals surface area contributed by atoms with Crippen molar-refractivity contribution in [3.05, 3.63) is 52.0 Å². The Bertz CT molecular complexity index is 661. The van der Waals surface area contributed by atoms with Crippen molar-refractivity contribution in [1.82, 2.24) is 14.5 Å². The second-order valence-corrected chi connectivity index (χ2v) is 5.16. The number of aromatic nitrogens is 2. The molecule has 0 atom stereocenters. The molecule has 0 saturated heterocycles. The number of hydrogen-bond donors (Lipinski definition) is 0. The molecule has 0 aliphatic heterocycles. The van der Waals surface area contributed by atoms with Crippen LogP contribution < -0.4 is 0 Å². The molecule has 2 rings (SSSR count).